The molecule has 0 fully saturated rings. The summed E-state index contributed by atoms with van der Waals surface area (Å²) >= 11 is 0. The van der Waals surface area contributed by atoms with E-state index in [2.05, 4.69) is 15.6 Å². The Balaban J connectivity index is 0. The monoisotopic (exact) mass is 399 g/mol. The zero-order valence-electron chi connectivity index (χ0n) is 14.3. The van der Waals surface area contributed by atoms with Crippen LogP contribution in [0.4, 0.5) is 4.79 Å². The quantitative estimate of drug-likeness (QED) is 0.360. The summed E-state index contributed by atoms with van der Waals surface area (Å²) in [6.07, 6.45) is 1.88. The number of guanidine groups is 1. The molecule has 0 aromatic rings. The van der Waals surface area contributed by atoms with Crippen LogP contribution in [0.25, 0.3) is 0 Å². The van der Waals surface area contributed by atoms with Crippen molar-refractivity contribution in [3.05, 3.63) is 0 Å². The minimum absolute atomic E-state index is 0. The van der Waals surface area contributed by atoms with Crippen molar-refractivity contribution in [1.82, 2.24) is 15.5 Å². The average Bonchev–Trinajstić information content (AvgIpc) is 2.47. The molecule has 0 radical (unpaired) electrons. The van der Waals surface area contributed by atoms with E-state index in [1.807, 2.05) is 6.92 Å². The third kappa shape index (κ3) is 7.02. The van der Waals surface area contributed by atoms with Gasteiger partial charge in [-0.2, -0.15) is 0 Å². The smallest absolute Gasteiger partial charge is 0.318 e. The van der Waals surface area contributed by atoms with E-state index in [4.69, 9.17) is 17.2 Å². The SMILES string of the molecule is CCCCC(N)(N)C(=O)N(CC)C1CN=C(NC(N)=O)NC1=O.Cl.Cl. The van der Waals surface area contributed by atoms with Crippen LogP contribution in [0.5, 0.6) is 0 Å². The molecule has 0 spiro atoms. The minimum Gasteiger partial charge on any atom is -0.351 e. The average molecular weight is 400 g/mol. The molecule has 0 bridgehead atoms. The van der Waals surface area contributed by atoms with Crippen molar-refractivity contribution in [2.75, 3.05) is 13.1 Å². The number of nitrogens with two attached hydrogens (primary N) is 3. The van der Waals surface area contributed by atoms with Gasteiger partial charge in [-0.05, 0) is 13.3 Å². The van der Waals surface area contributed by atoms with Gasteiger partial charge in [-0.25, -0.2) is 9.79 Å². The van der Waals surface area contributed by atoms with Gasteiger partial charge in [0.05, 0.1) is 6.54 Å². The molecule has 0 aliphatic carbocycles. The highest BCUT2D eigenvalue weighted by molar-refractivity contribution is 6.07. The van der Waals surface area contributed by atoms with Crippen LogP contribution < -0.4 is 27.8 Å². The number of hydrogen-bond donors (Lipinski definition) is 5. The van der Waals surface area contributed by atoms with Gasteiger partial charge in [-0.1, -0.05) is 19.8 Å². The fraction of sp³-hybridized carbons (Fsp3) is 0.692. The molecule has 1 aliphatic rings. The Kier molecular flexibility index (Phi) is 11.4. The second-order valence-corrected chi connectivity index (χ2v) is 5.42. The maximum absolute atomic E-state index is 12.6. The Hall–Kier alpha value is -1.62. The fourth-order valence-electron chi connectivity index (χ4n) is 2.28. The molecular weight excluding hydrogens is 373 g/mol. The molecule has 1 aliphatic heterocycles. The maximum Gasteiger partial charge on any atom is 0.318 e. The first-order chi connectivity index (χ1) is 10.7. The van der Waals surface area contributed by atoms with Crippen LogP contribution >= 0.6 is 24.8 Å². The van der Waals surface area contributed by atoms with Crippen molar-refractivity contribution < 1.29 is 14.4 Å². The Morgan fingerprint density at radius 3 is 2.40 bits per heavy atom. The number of nitrogens with one attached hydrogen (secondary N) is 2. The molecule has 1 unspecified atom stereocenters. The first-order valence-electron chi connectivity index (χ1n) is 7.53. The molecular formula is C13H27Cl2N7O3. The van der Waals surface area contributed by atoms with Crippen molar-refractivity contribution >= 4 is 48.6 Å². The van der Waals surface area contributed by atoms with Crippen molar-refractivity contribution in [2.24, 2.45) is 22.2 Å². The largest absolute Gasteiger partial charge is 0.351 e. The molecule has 1 heterocycles. The van der Waals surface area contributed by atoms with Gasteiger partial charge in [0.25, 0.3) is 11.8 Å². The van der Waals surface area contributed by atoms with E-state index in [1.54, 1.807) is 6.92 Å². The van der Waals surface area contributed by atoms with Crippen molar-refractivity contribution in [2.45, 2.75) is 44.8 Å². The molecule has 25 heavy (non-hydrogen) atoms. The zero-order valence-corrected chi connectivity index (χ0v) is 15.9. The number of unbranched alkanes of at least 4 members (excludes halogenated alkanes) is 1. The molecule has 0 saturated carbocycles. The van der Waals surface area contributed by atoms with Gasteiger partial charge in [0.1, 0.15) is 11.7 Å². The van der Waals surface area contributed by atoms with Gasteiger partial charge in [-0.3, -0.25) is 20.2 Å². The number of halogens is 2. The predicted molar refractivity (Wildman–Crippen MR) is 99.5 cm³/mol. The molecule has 8 N–H and O–H groups in total. The normalized spacial score (nSPS) is 16.6. The first-order valence-corrected chi connectivity index (χ1v) is 7.53. The molecule has 12 heteroatoms. The van der Waals surface area contributed by atoms with Crippen LogP contribution in [0.1, 0.15) is 33.1 Å². The summed E-state index contributed by atoms with van der Waals surface area (Å²) in [5.74, 6) is -1.03. The lowest BCUT2D eigenvalue weighted by Gasteiger charge is -2.36. The number of likely N-dealkylation sites (N-methyl/N-ethyl adjacent to an activating group) is 1. The lowest BCUT2D eigenvalue weighted by Crippen LogP contribution is -2.67. The minimum atomic E-state index is -1.53. The molecule has 1 rings (SSSR count). The van der Waals surface area contributed by atoms with E-state index in [1.165, 1.54) is 4.90 Å². The highest BCUT2D eigenvalue weighted by Gasteiger charge is 2.39. The molecule has 146 valence electrons. The van der Waals surface area contributed by atoms with Crippen molar-refractivity contribution in [3.8, 4) is 0 Å². The van der Waals surface area contributed by atoms with E-state index in [0.717, 1.165) is 6.42 Å². The number of carbonyl (C=O) groups is 3. The standard InChI is InChI=1S/C13H25N7O3.2ClH/c1-3-5-6-13(15,16)10(22)20(4-2)8-7-17-12(18-9(8)21)19-11(14)23;;/h8H,3-7,15-16H2,1-2H3,(H4,14,17,18,19,21,23);2*1H. The van der Waals surface area contributed by atoms with E-state index in [0.29, 0.717) is 12.8 Å². The van der Waals surface area contributed by atoms with Gasteiger partial charge in [0, 0.05) is 6.54 Å². The number of rotatable bonds is 6. The molecule has 1 atom stereocenters. The molecule has 4 amide bonds. The van der Waals surface area contributed by atoms with E-state index < -0.39 is 29.6 Å². The topological polar surface area (TPSA) is 169 Å². The number of nitrogens with zero attached hydrogens (tertiary/aromatic N) is 2. The van der Waals surface area contributed by atoms with Crippen molar-refractivity contribution in [1.29, 1.82) is 0 Å². The maximum atomic E-state index is 12.6. The van der Waals surface area contributed by atoms with Crippen LogP contribution in [0.2, 0.25) is 0 Å². The number of primary amides is 1. The second kappa shape index (κ2) is 11.1. The number of hydrogen-bond acceptors (Lipinski definition) is 6. The van der Waals surface area contributed by atoms with Crippen LogP contribution in [-0.2, 0) is 9.59 Å². The summed E-state index contributed by atoms with van der Waals surface area (Å²) < 4.78 is 0. The Morgan fingerprint density at radius 1 is 1.36 bits per heavy atom. The van der Waals surface area contributed by atoms with Gasteiger partial charge >= 0.3 is 6.03 Å². The number of amides is 4. The van der Waals surface area contributed by atoms with Crippen LogP contribution in [-0.4, -0.2) is 53.5 Å². The third-order valence-corrected chi connectivity index (χ3v) is 3.53. The van der Waals surface area contributed by atoms with Gasteiger partial charge < -0.3 is 22.1 Å². The summed E-state index contributed by atoms with van der Waals surface area (Å²) in [6.45, 7) is 3.94. The van der Waals surface area contributed by atoms with E-state index in [-0.39, 0.29) is 43.9 Å². The first kappa shape index (κ1) is 25.6. The highest BCUT2D eigenvalue weighted by Crippen LogP contribution is 2.13. The van der Waals surface area contributed by atoms with Gasteiger partial charge in [-0.15, -0.1) is 24.8 Å². The number of carbonyl (C=O) groups excluding carboxylic acids is 3. The van der Waals surface area contributed by atoms with Crippen molar-refractivity contribution in [3.63, 3.8) is 0 Å². The Bertz CT molecular complexity index is 514. The lowest BCUT2D eigenvalue weighted by molar-refractivity contribution is -0.144. The summed E-state index contributed by atoms with van der Waals surface area (Å²) in [5.41, 5.74) is 15.3. The lowest BCUT2D eigenvalue weighted by atomic mass is 10.0. The molecule has 0 aromatic carbocycles. The molecule has 0 saturated heterocycles. The Morgan fingerprint density at radius 2 is 1.96 bits per heavy atom. The predicted octanol–water partition coefficient (Wildman–Crippen LogP) is -0.995. The molecule has 0 aromatic heterocycles. The van der Waals surface area contributed by atoms with Crippen LogP contribution in [0.3, 0.4) is 0 Å². The summed E-state index contributed by atoms with van der Waals surface area (Å²) in [5, 5.41) is 4.57. The highest BCUT2D eigenvalue weighted by atomic mass is 35.5. The summed E-state index contributed by atoms with van der Waals surface area (Å²) in [7, 11) is 0. The summed E-state index contributed by atoms with van der Waals surface area (Å²) in [6, 6.07) is -1.67. The van der Waals surface area contributed by atoms with E-state index in [9.17, 15) is 14.4 Å². The van der Waals surface area contributed by atoms with Crippen LogP contribution in [0.15, 0.2) is 4.99 Å². The third-order valence-electron chi connectivity index (χ3n) is 3.53. The molecule has 10 nitrogen and oxygen atoms in total. The zero-order chi connectivity index (χ0) is 17.6. The number of aliphatic imine (C=N–C) groups is 1. The Labute approximate surface area is 159 Å². The van der Waals surface area contributed by atoms with E-state index >= 15 is 0 Å². The van der Waals surface area contributed by atoms with Crippen LogP contribution in [0, 0.1) is 0 Å². The van der Waals surface area contributed by atoms with Gasteiger partial charge in [0.2, 0.25) is 5.96 Å². The number of urea groups is 1. The second-order valence-electron chi connectivity index (χ2n) is 5.42. The van der Waals surface area contributed by atoms with Gasteiger partial charge in [0.15, 0.2) is 0 Å². The fourth-order valence-corrected chi connectivity index (χ4v) is 2.28. The summed E-state index contributed by atoms with van der Waals surface area (Å²) in [4.78, 5) is 40.8.